The van der Waals surface area contributed by atoms with Crippen molar-refractivity contribution in [2.45, 2.75) is 13.3 Å². The summed E-state index contributed by atoms with van der Waals surface area (Å²) in [5.41, 5.74) is 1.77. The average molecular weight is 294 g/mol. The largest absolute Gasteiger partial charge is 0.352 e. The quantitative estimate of drug-likeness (QED) is 0.857. The lowest BCUT2D eigenvalue weighted by molar-refractivity contribution is 0.633. The first-order chi connectivity index (χ1) is 10.8. The molecule has 6 nitrogen and oxygen atoms in total. The number of anilines is 2. The first-order valence-electron chi connectivity index (χ1n) is 7.47. The van der Waals surface area contributed by atoms with Crippen LogP contribution in [0.4, 0.5) is 11.8 Å². The van der Waals surface area contributed by atoms with Gasteiger partial charge in [0.05, 0.1) is 5.56 Å². The van der Waals surface area contributed by atoms with Gasteiger partial charge >= 0.3 is 0 Å². The normalized spacial score (nSPS) is 14.7. The second-order valence-corrected chi connectivity index (χ2v) is 5.21. The SMILES string of the molecule is CCc1cnc(N2CCN(c3ncccc3C#N)CC2)nc1. The Morgan fingerprint density at radius 2 is 1.77 bits per heavy atom. The molecule has 0 aliphatic carbocycles. The van der Waals surface area contributed by atoms with E-state index in [2.05, 4.69) is 37.7 Å². The van der Waals surface area contributed by atoms with Gasteiger partial charge in [-0.15, -0.1) is 0 Å². The van der Waals surface area contributed by atoms with Gasteiger partial charge in [0.25, 0.3) is 0 Å². The molecule has 2 aromatic heterocycles. The molecule has 1 fully saturated rings. The van der Waals surface area contributed by atoms with E-state index in [4.69, 9.17) is 0 Å². The van der Waals surface area contributed by atoms with Crippen LogP contribution in [-0.4, -0.2) is 41.1 Å². The molecular weight excluding hydrogens is 276 g/mol. The Labute approximate surface area is 130 Å². The number of hydrogen-bond acceptors (Lipinski definition) is 6. The van der Waals surface area contributed by atoms with Gasteiger partial charge in [0.1, 0.15) is 11.9 Å². The number of rotatable bonds is 3. The molecule has 0 spiro atoms. The second kappa shape index (κ2) is 6.39. The standard InChI is InChI=1S/C16H18N6/c1-2-13-11-19-16(20-12-13)22-8-6-21(7-9-22)15-14(10-17)4-3-5-18-15/h3-5,11-12H,2,6-9H2,1H3. The molecule has 0 N–H and O–H groups in total. The summed E-state index contributed by atoms with van der Waals surface area (Å²) in [5.74, 6) is 1.55. The molecule has 1 aliphatic heterocycles. The van der Waals surface area contributed by atoms with Gasteiger partial charge in [-0.05, 0) is 24.1 Å². The van der Waals surface area contributed by atoms with Crippen LogP contribution >= 0.6 is 0 Å². The van der Waals surface area contributed by atoms with Crippen molar-refractivity contribution in [1.82, 2.24) is 15.0 Å². The Morgan fingerprint density at radius 3 is 2.41 bits per heavy atom. The summed E-state index contributed by atoms with van der Waals surface area (Å²) in [7, 11) is 0. The predicted molar refractivity (Wildman–Crippen MR) is 84.8 cm³/mol. The zero-order valence-electron chi connectivity index (χ0n) is 12.6. The number of nitriles is 1. The Kier molecular flexibility index (Phi) is 4.15. The molecule has 0 atom stereocenters. The van der Waals surface area contributed by atoms with Crippen LogP contribution in [0.2, 0.25) is 0 Å². The van der Waals surface area contributed by atoms with Gasteiger partial charge in [0.2, 0.25) is 5.95 Å². The van der Waals surface area contributed by atoms with E-state index in [-0.39, 0.29) is 0 Å². The highest BCUT2D eigenvalue weighted by atomic mass is 15.3. The smallest absolute Gasteiger partial charge is 0.225 e. The lowest BCUT2D eigenvalue weighted by Gasteiger charge is -2.35. The monoisotopic (exact) mass is 294 g/mol. The van der Waals surface area contributed by atoms with Crippen LogP contribution in [0.15, 0.2) is 30.7 Å². The molecule has 22 heavy (non-hydrogen) atoms. The first kappa shape index (κ1) is 14.3. The molecule has 0 aromatic carbocycles. The fourth-order valence-corrected chi connectivity index (χ4v) is 2.55. The highest BCUT2D eigenvalue weighted by Crippen LogP contribution is 2.19. The fraction of sp³-hybridized carbons (Fsp3) is 0.375. The fourth-order valence-electron chi connectivity index (χ4n) is 2.55. The molecule has 0 radical (unpaired) electrons. The zero-order chi connectivity index (χ0) is 15.4. The summed E-state index contributed by atoms with van der Waals surface area (Å²) in [6, 6.07) is 5.81. The van der Waals surface area contributed by atoms with E-state index in [0.29, 0.717) is 5.56 Å². The van der Waals surface area contributed by atoms with Gasteiger partial charge in [-0.1, -0.05) is 6.92 Å². The average Bonchev–Trinajstić information content (AvgIpc) is 2.62. The van der Waals surface area contributed by atoms with E-state index in [1.165, 1.54) is 0 Å². The molecule has 3 rings (SSSR count). The molecule has 1 aliphatic rings. The third-order valence-corrected chi connectivity index (χ3v) is 3.87. The Balaban J connectivity index is 1.68. The van der Waals surface area contributed by atoms with E-state index in [1.54, 1.807) is 18.3 Å². The summed E-state index contributed by atoms with van der Waals surface area (Å²) < 4.78 is 0. The molecule has 0 unspecified atom stereocenters. The van der Waals surface area contributed by atoms with E-state index < -0.39 is 0 Å². The molecule has 2 aromatic rings. The second-order valence-electron chi connectivity index (χ2n) is 5.21. The van der Waals surface area contributed by atoms with Crippen LogP contribution in [0.5, 0.6) is 0 Å². The van der Waals surface area contributed by atoms with E-state index in [1.807, 2.05) is 12.4 Å². The third kappa shape index (κ3) is 2.84. The maximum atomic E-state index is 9.18. The number of aromatic nitrogens is 3. The van der Waals surface area contributed by atoms with Crippen molar-refractivity contribution < 1.29 is 0 Å². The van der Waals surface area contributed by atoms with Crippen LogP contribution in [-0.2, 0) is 6.42 Å². The van der Waals surface area contributed by atoms with Gasteiger partial charge in [-0.2, -0.15) is 5.26 Å². The molecule has 6 heteroatoms. The molecule has 1 saturated heterocycles. The molecule has 0 saturated carbocycles. The molecule has 0 bridgehead atoms. The van der Waals surface area contributed by atoms with Crippen molar-refractivity contribution in [2.75, 3.05) is 36.0 Å². The van der Waals surface area contributed by atoms with Crippen LogP contribution in [0.1, 0.15) is 18.1 Å². The Bertz CT molecular complexity index is 668. The summed E-state index contributed by atoms with van der Waals surface area (Å²) in [6.07, 6.45) is 6.46. The van der Waals surface area contributed by atoms with Crippen molar-refractivity contribution in [3.05, 3.63) is 41.9 Å². The first-order valence-corrected chi connectivity index (χ1v) is 7.47. The van der Waals surface area contributed by atoms with Crippen LogP contribution in [0, 0.1) is 11.3 Å². The highest BCUT2D eigenvalue weighted by Gasteiger charge is 2.21. The number of piperazine rings is 1. The van der Waals surface area contributed by atoms with Crippen LogP contribution in [0.3, 0.4) is 0 Å². The number of pyridine rings is 1. The minimum Gasteiger partial charge on any atom is -0.352 e. The Hall–Kier alpha value is -2.68. The molecule has 0 amide bonds. The van der Waals surface area contributed by atoms with Crippen molar-refractivity contribution in [3.8, 4) is 6.07 Å². The van der Waals surface area contributed by atoms with E-state index in [0.717, 1.165) is 49.9 Å². The molecular formula is C16H18N6. The molecule has 3 heterocycles. The topological polar surface area (TPSA) is 68.9 Å². The third-order valence-electron chi connectivity index (χ3n) is 3.87. The number of aryl methyl sites for hydroxylation is 1. The number of nitrogens with zero attached hydrogens (tertiary/aromatic N) is 6. The minimum absolute atomic E-state index is 0.625. The minimum atomic E-state index is 0.625. The van der Waals surface area contributed by atoms with Crippen molar-refractivity contribution in [2.24, 2.45) is 0 Å². The Morgan fingerprint density at radius 1 is 1.09 bits per heavy atom. The zero-order valence-corrected chi connectivity index (χ0v) is 12.6. The lowest BCUT2D eigenvalue weighted by atomic mass is 10.2. The summed E-state index contributed by atoms with van der Waals surface area (Å²) in [4.78, 5) is 17.5. The van der Waals surface area contributed by atoms with E-state index in [9.17, 15) is 5.26 Å². The molecule has 112 valence electrons. The maximum absolute atomic E-state index is 9.18. The summed E-state index contributed by atoms with van der Waals surface area (Å²) in [6.45, 7) is 5.37. The van der Waals surface area contributed by atoms with Crippen LogP contribution in [0.25, 0.3) is 0 Å². The van der Waals surface area contributed by atoms with Gasteiger partial charge in [0.15, 0.2) is 0 Å². The highest BCUT2D eigenvalue weighted by molar-refractivity contribution is 5.54. The van der Waals surface area contributed by atoms with Crippen LogP contribution < -0.4 is 9.80 Å². The number of hydrogen-bond donors (Lipinski definition) is 0. The predicted octanol–water partition coefficient (Wildman–Crippen LogP) is 1.63. The van der Waals surface area contributed by atoms with Gasteiger partial charge in [-0.3, -0.25) is 0 Å². The van der Waals surface area contributed by atoms with Gasteiger partial charge in [0, 0.05) is 44.8 Å². The maximum Gasteiger partial charge on any atom is 0.225 e. The van der Waals surface area contributed by atoms with Crippen molar-refractivity contribution in [3.63, 3.8) is 0 Å². The lowest BCUT2D eigenvalue weighted by Crippen LogP contribution is -2.47. The van der Waals surface area contributed by atoms with Gasteiger partial charge in [-0.25, -0.2) is 15.0 Å². The van der Waals surface area contributed by atoms with Gasteiger partial charge < -0.3 is 9.80 Å². The van der Waals surface area contributed by atoms with Crippen molar-refractivity contribution >= 4 is 11.8 Å². The van der Waals surface area contributed by atoms with E-state index >= 15 is 0 Å². The summed E-state index contributed by atoms with van der Waals surface area (Å²) in [5, 5.41) is 9.18. The van der Waals surface area contributed by atoms with Crippen molar-refractivity contribution in [1.29, 1.82) is 5.26 Å². The summed E-state index contributed by atoms with van der Waals surface area (Å²) >= 11 is 0.